The molecule has 0 aliphatic carbocycles. The third-order valence-electron chi connectivity index (χ3n) is 4.51. The minimum Gasteiger partial charge on any atom is -0.444 e. The summed E-state index contributed by atoms with van der Waals surface area (Å²) < 4.78 is 7.20. The Bertz CT molecular complexity index is 1020. The minimum atomic E-state index is -0.590. The van der Waals surface area contributed by atoms with E-state index < -0.39 is 17.7 Å². The van der Waals surface area contributed by atoms with E-state index in [2.05, 4.69) is 20.9 Å². The smallest absolute Gasteiger partial charge is 0.408 e. The standard InChI is InChI=1S/C24H29N5O2S/c1-24(2,3)31-23(30)26-21(14-18-10-6-4-7-11-18)22(32)25-15-20-17-29(28-27-20)16-19-12-8-5-9-13-19/h4-13,17,21H,14-16H2,1-3H3,(H,25,32)(H,26,30)/t21-/m0/s1. The van der Waals surface area contributed by atoms with Crippen LogP contribution in [-0.2, 0) is 24.2 Å². The van der Waals surface area contributed by atoms with E-state index in [-0.39, 0.29) is 0 Å². The normalized spacial score (nSPS) is 12.1. The van der Waals surface area contributed by atoms with Crippen LogP contribution in [-0.4, -0.2) is 37.7 Å². The summed E-state index contributed by atoms with van der Waals surface area (Å²) in [5, 5.41) is 14.5. The summed E-state index contributed by atoms with van der Waals surface area (Å²) in [5.41, 5.74) is 2.38. The van der Waals surface area contributed by atoms with Gasteiger partial charge in [0.1, 0.15) is 11.3 Å². The Hall–Kier alpha value is -3.26. The first-order valence-corrected chi connectivity index (χ1v) is 10.9. The molecule has 168 valence electrons. The fourth-order valence-corrected chi connectivity index (χ4v) is 3.29. The van der Waals surface area contributed by atoms with Gasteiger partial charge in [-0.25, -0.2) is 9.48 Å². The lowest BCUT2D eigenvalue weighted by atomic mass is 10.1. The van der Waals surface area contributed by atoms with E-state index in [9.17, 15) is 4.79 Å². The lowest BCUT2D eigenvalue weighted by molar-refractivity contribution is 0.0518. The summed E-state index contributed by atoms with van der Waals surface area (Å²) in [5.74, 6) is 0. The van der Waals surface area contributed by atoms with Crippen LogP contribution in [0, 0.1) is 0 Å². The topological polar surface area (TPSA) is 81.1 Å². The van der Waals surface area contributed by atoms with Crippen molar-refractivity contribution in [1.82, 2.24) is 25.6 Å². The first kappa shape index (κ1) is 23.4. The van der Waals surface area contributed by atoms with Crippen LogP contribution in [0.4, 0.5) is 4.79 Å². The fourth-order valence-electron chi connectivity index (χ4n) is 3.08. The molecule has 0 saturated heterocycles. The van der Waals surface area contributed by atoms with Gasteiger partial charge < -0.3 is 15.4 Å². The lowest BCUT2D eigenvalue weighted by Gasteiger charge is -2.24. The molecule has 0 radical (unpaired) electrons. The predicted molar refractivity (Wildman–Crippen MR) is 128 cm³/mol. The second-order valence-corrected chi connectivity index (χ2v) is 8.94. The Morgan fingerprint density at radius 3 is 2.31 bits per heavy atom. The first-order valence-electron chi connectivity index (χ1n) is 10.5. The number of rotatable bonds is 8. The molecule has 0 spiro atoms. The van der Waals surface area contributed by atoms with Gasteiger partial charge in [-0.15, -0.1) is 5.10 Å². The second-order valence-electron chi connectivity index (χ2n) is 8.50. The Morgan fingerprint density at radius 2 is 1.69 bits per heavy atom. The van der Waals surface area contributed by atoms with E-state index in [1.807, 2.05) is 87.6 Å². The molecular formula is C24H29N5O2S. The average molecular weight is 452 g/mol. The van der Waals surface area contributed by atoms with Crippen molar-refractivity contribution < 1.29 is 9.53 Å². The number of carbonyl (C=O) groups excluding carboxylic acids is 1. The molecule has 32 heavy (non-hydrogen) atoms. The molecule has 1 aromatic heterocycles. The van der Waals surface area contributed by atoms with Crippen molar-refractivity contribution in [2.45, 2.75) is 51.9 Å². The van der Waals surface area contributed by atoms with Gasteiger partial charge in [-0.2, -0.15) is 0 Å². The number of thiocarbonyl (C=S) groups is 1. The molecule has 0 saturated carbocycles. The van der Waals surface area contributed by atoms with E-state index in [4.69, 9.17) is 17.0 Å². The van der Waals surface area contributed by atoms with Crippen LogP contribution in [0.3, 0.4) is 0 Å². The number of ether oxygens (including phenoxy) is 1. The highest BCUT2D eigenvalue weighted by Gasteiger charge is 2.22. The molecule has 0 aliphatic heterocycles. The maximum absolute atomic E-state index is 12.4. The summed E-state index contributed by atoms with van der Waals surface area (Å²) in [6.45, 7) is 6.54. The number of hydrogen-bond donors (Lipinski definition) is 2. The van der Waals surface area contributed by atoms with Crippen molar-refractivity contribution in [3.05, 3.63) is 83.7 Å². The number of nitrogens with zero attached hydrogens (tertiary/aromatic N) is 3. The molecule has 3 aromatic rings. The highest BCUT2D eigenvalue weighted by Crippen LogP contribution is 2.09. The van der Waals surface area contributed by atoms with Gasteiger partial charge >= 0.3 is 6.09 Å². The van der Waals surface area contributed by atoms with Crippen molar-refractivity contribution >= 4 is 23.3 Å². The third kappa shape index (κ3) is 7.77. The largest absolute Gasteiger partial charge is 0.444 e. The van der Waals surface area contributed by atoms with Crippen molar-refractivity contribution in [3.63, 3.8) is 0 Å². The summed E-state index contributed by atoms with van der Waals surface area (Å²) in [4.78, 5) is 12.9. The van der Waals surface area contributed by atoms with Crippen LogP contribution in [0.1, 0.15) is 37.6 Å². The molecule has 0 aliphatic rings. The lowest BCUT2D eigenvalue weighted by Crippen LogP contribution is -2.48. The van der Waals surface area contributed by atoms with Crippen LogP contribution in [0.5, 0.6) is 0 Å². The number of carbonyl (C=O) groups is 1. The van der Waals surface area contributed by atoms with Gasteiger partial charge in [0.15, 0.2) is 0 Å². The number of hydrogen-bond acceptors (Lipinski definition) is 5. The summed E-state index contributed by atoms with van der Waals surface area (Å²) in [6.07, 6.45) is 1.93. The molecular weight excluding hydrogens is 422 g/mol. The molecule has 2 N–H and O–H groups in total. The van der Waals surface area contributed by atoms with Gasteiger partial charge in [-0.05, 0) is 38.3 Å². The molecule has 0 bridgehead atoms. The molecule has 7 nitrogen and oxygen atoms in total. The first-order chi connectivity index (χ1) is 15.3. The number of alkyl carbamates (subject to hydrolysis) is 1. The Labute approximate surface area is 194 Å². The van der Waals surface area contributed by atoms with Gasteiger partial charge in [0.25, 0.3) is 0 Å². The van der Waals surface area contributed by atoms with Crippen LogP contribution in [0.25, 0.3) is 0 Å². The number of benzene rings is 2. The Balaban J connectivity index is 1.60. The van der Waals surface area contributed by atoms with Gasteiger partial charge in [-0.1, -0.05) is 78.1 Å². The average Bonchev–Trinajstić information content (AvgIpc) is 3.19. The summed E-state index contributed by atoms with van der Waals surface area (Å²) in [7, 11) is 0. The quantitative estimate of drug-likeness (QED) is 0.506. The Morgan fingerprint density at radius 1 is 1.06 bits per heavy atom. The van der Waals surface area contributed by atoms with Crippen molar-refractivity contribution in [2.75, 3.05) is 0 Å². The van der Waals surface area contributed by atoms with Gasteiger partial charge in [0.05, 0.1) is 30.3 Å². The molecule has 8 heteroatoms. The predicted octanol–water partition coefficient (Wildman–Crippen LogP) is 3.88. The van der Waals surface area contributed by atoms with E-state index in [0.717, 1.165) is 16.8 Å². The molecule has 1 heterocycles. The SMILES string of the molecule is CC(C)(C)OC(=O)N[C@@H](Cc1ccccc1)C(=S)NCc1cn(Cc2ccccc2)nn1. The van der Waals surface area contributed by atoms with E-state index >= 15 is 0 Å². The third-order valence-corrected chi connectivity index (χ3v) is 4.94. The molecule has 1 amide bonds. The monoisotopic (exact) mass is 451 g/mol. The van der Waals surface area contributed by atoms with E-state index in [0.29, 0.717) is 24.5 Å². The molecule has 1 atom stereocenters. The summed E-state index contributed by atoms with van der Waals surface area (Å²) in [6, 6.07) is 19.5. The number of nitrogens with one attached hydrogen (secondary N) is 2. The van der Waals surface area contributed by atoms with Gasteiger partial charge in [0, 0.05) is 0 Å². The molecule has 2 aromatic carbocycles. The molecule has 0 unspecified atom stereocenters. The zero-order chi connectivity index (χ0) is 23.0. The Kier molecular flexibility index (Phi) is 7.94. The zero-order valence-corrected chi connectivity index (χ0v) is 19.4. The zero-order valence-electron chi connectivity index (χ0n) is 18.6. The van der Waals surface area contributed by atoms with Crippen LogP contribution in [0.2, 0.25) is 0 Å². The summed E-state index contributed by atoms with van der Waals surface area (Å²) >= 11 is 5.61. The van der Waals surface area contributed by atoms with Crippen molar-refractivity contribution in [1.29, 1.82) is 0 Å². The highest BCUT2D eigenvalue weighted by molar-refractivity contribution is 7.80. The van der Waals surface area contributed by atoms with Gasteiger partial charge in [-0.3, -0.25) is 0 Å². The molecule has 0 fully saturated rings. The molecule has 3 rings (SSSR count). The fraction of sp³-hybridized carbons (Fsp3) is 0.333. The van der Waals surface area contributed by atoms with Crippen molar-refractivity contribution in [3.8, 4) is 0 Å². The maximum atomic E-state index is 12.4. The van der Waals surface area contributed by atoms with Crippen LogP contribution >= 0.6 is 12.2 Å². The van der Waals surface area contributed by atoms with E-state index in [1.54, 1.807) is 4.68 Å². The van der Waals surface area contributed by atoms with Crippen LogP contribution < -0.4 is 10.6 Å². The van der Waals surface area contributed by atoms with Crippen LogP contribution in [0.15, 0.2) is 66.9 Å². The van der Waals surface area contributed by atoms with E-state index in [1.165, 1.54) is 0 Å². The maximum Gasteiger partial charge on any atom is 0.408 e. The van der Waals surface area contributed by atoms with Crippen molar-refractivity contribution in [2.24, 2.45) is 0 Å². The second kappa shape index (κ2) is 10.9. The minimum absolute atomic E-state index is 0.412. The number of aromatic nitrogens is 3. The number of amides is 1. The highest BCUT2D eigenvalue weighted by atomic mass is 32.1. The van der Waals surface area contributed by atoms with Gasteiger partial charge in [0.2, 0.25) is 0 Å².